The van der Waals surface area contributed by atoms with Crippen LogP contribution in [0.4, 0.5) is 5.82 Å². The van der Waals surface area contributed by atoms with Gasteiger partial charge in [0.05, 0.1) is 0 Å². The lowest BCUT2D eigenvalue weighted by molar-refractivity contribution is -0.393. The van der Waals surface area contributed by atoms with Gasteiger partial charge in [0.2, 0.25) is 6.23 Å². The fourth-order valence-corrected chi connectivity index (χ4v) is 0.756. The lowest BCUT2D eigenvalue weighted by atomic mass is 10.5. The number of hydrogen-bond acceptors (Lipinski definition) is 4. The van der Waals surface area contributed by atoms with Crippen LogP contribution in [0.1, 0.15) is 6.23 Å². The van der Waals surface area contributed by atoms with E-state index >= 15 is 0 Å². The van der Waals surface area contributed by atoms with Crippen LogP contribution in [0, 0.1) is 10.1 Å². The molecule has 0 saturated heterocycles. The third kappa shape index (κ3) is 1.32. The first kappa shape index (κ1) is 8.41. The summed E-state index contributed by atoms with van der Waals surface area (Å²) in [6, 6.07) is 0. The highest BCUT2D eigenvalue weighted by molar-refractivity contribution is 5.16. The number of rotatable bonds is 3. The van der Waals surface area contributed by atoms with Gasteiger partial charge in [-0.1, -0.05) is 6.58 Å². The van der Waals surface area contributed by atoms with E-state index in [0.717, 1.165) is 10.8 Å². The van der Waals surface area contributed by atoms with Gasteiger partial charge in [-0.2, -0.15) is 4.57 Å². The molecule has 6 heteroatoms. The molecule has 1 aromatic rings. The van der Waals surface area contributed by atoms with Crippen molar-refractivity contribution in [2.45, 2.75) is 6.23 Å². The van der Waals surface area contributed by atoms with Gasteiger partial charge >= 0.3 is 5.82 Å². The zero-order chi connectivity index (χ0) is 9.14. The van der Waals surface area contributed by atoms with E-state index in [0.29, 0.717) is 0 Å². The first-order valence-electron chi connectivity index (χ1n) is 3.13. The van der Waals surface area contributed by atoms with Crippen molar-refractivity contribution in [1.29, 1.82) is 0 Å². The fourth-order valence-electron chi connectivity index (χ4n) is 0.756. The SMILES string of the molecule is C=CC(O)n1cncc1[N+](=O)[O-]. The zero-order valence-corrected chi connectivity index (χ0v) is 6.12. The molecule has 0 bridgehead atoms. The average molecular weight is 169 g/mol. The molecular weight excluding hydrogens is 162 g/mol. The molecule has 12 heavy (non-hydrogen) atoms. The molecule has 1 heterocycles. The smallest absolute Gasteiger partial charge is 0.345 e. The third-order valence-corrected chi connectivity index (χ3v) is 1.33. The standard InChI is InChI=1S/C6H7N3O3/c1-2-6(10)8-4-7-3-5(8)9(11)12/h2-4,6,10H,1H2. The molecule has 1 atom stereocenters. The summed E-state index contributed by atoms with van der Waals surface area (Å²) in [5.41, 5.74) is 0. The van der Waals surface area contributed by atoms with E-state index in [-0.39, 0.29) is 5.82 Å². The maximum Gasteiger partial charge on any atom is 0.345 e. The van der Waals surface area contributed by atoms with Crippen molar-refractivity contribution in [2.24, 2.45) is 0 Å². The summed E-state index contributed by atoms with van der Waals surface area (Å²) >= 11 is 0. The second kappa shape index (κ2) is 3.14. The van der Waals surface area contributed by atoms with Gasteiger partial charge in [0, 0.05) is 0 Å². The van der Waals surface area contributed by atoms with Crippen LogP contribution < -0.4 is 0 Å². The summed E-state index contributed by atoms with van der Waals surface area (Å²) in [6.45, 7) is 3.30. The minimum absolute atomic E-state index is 0.262. The van der Waals surface area contributed by atoms with Gasteiger partial charge in [-0.05, 0) is 11.0 Å². The predicted octanol–water partition coefficient (Wildman–Crippen LogP) is 0.468. The lowest BCUT2D eigenvalue weighted by Gasteiger charge is -2.02. The molecule has 0 radical (unpaired) electrons. The third-order valence-electron chi connectivity index (χ3n) is 1.33. The Bertz CT molecular complexity index is 307. The number of aliphatic hydroxyl groups is 1. The van der Waals surface area contributed by atoms with E-state index in [1.54, 1.807) is 0 Å². The van der Waals surface area contributed by atoms with Crippen molar-refractivity contribution in [1.82, 2.24) is 9.55 Å². The van der Waals surface area contributed by atoms with Gasteiger partial charge in [-0.3, -0.25) is 0 Å². The molecule has 0 aliphatic rings. The highest BCUT2D eigenvalue weighted by atomic mass is 16.6. The summed E-state index contributed by atoms with van der Waals surface area (Å²) in [7, 11) is 0. The number of imidazole rings is 1. The molecule has 6 nitrogen and oxygen atoms in total. The average Bonchev–Trinajstić information content (AvgIpc) is 2.50. The van der Waals surface area contributed by atoms with Crippen LogP contribution in [-0.4, -0.2) is 19.6 Å². The number of nitrogens with zero attached hydrogens (tertiary/aromatic N) is 3. The van der Waals surface area contributed by atoms with Crippen LogP contribution in [0.3, 0.4) is 0 Å². The molecule has 0 fully saturated rings. The topological polar surface area (TPSA) is 81.2 Å². The van der Waals surface area contributed by atoms with Crippen LogP contribution in [0.5, 0.6) is 0 Å². The molecular formula is C6H7N3O3. The Morgan fingerprint density at radius 1 is 1.92 bits per heavy atom. The number of hydrogen-bond donors (Lipinski definition) is 1. The highest BCUT2D eigenvalue weighted by Crippen LogP contribution is 2.14. The molecule has 1 rings (SSSR count). The Balaban J connectivity index is 3.06. The summed E-state index contributed by atoms with van der Waals surface area (Å²) in [6.07, 6.45) is 2.30. The predicted molar refractivity (Wildman–Crippen MR) is 40.3 cm³/mol. The Kier molecular flexibility index (Phi) is 2.20. The van der Waals surface area contributed by atoms with Crippen molar-refractivity contribution >= 4 is 5.82 Å². The molecule has 0 amide bonds. The van der Waals surface area contributed by atoms with E-state index in [9.17, 15) is 10.1 Å². The summed E-state index contributed by atoms with van der Waals surface area (Å²) in [5.74, 6) is -0.262. The van der Waals surface area contributed by atoms with Crippen molar-refractivity contribution < 1.29 is 10.0 Å². The van der Waals surface area contributed by atoms with E-state index in [1.165, 1.54) is 12.4 Å². The van der Waals surface area contributed by atoms with Gasteiger partial charge in [0.1, 0.15) is 6.20 Å². The maximum absolute atomic E-state index is 10.3. The van der Waals surface area contributed by atoms with Crippen molar-refractivity contribution in [3.8, 4) is 0 Å². The first-order valence-corrected chi connectivity index (χ1v) is 3.13. The van der Waals surface area contributed by atoms with Gasteiger partial charge in [-0.25, -0.2) is 4.98 Å². The van der Waals surface area contributed by atoms with E-state index in [1.807, 2.05) is 0 Å². The van der Waals surface area contributed by atoms with E-state index < -0.39 is 11.2 Å². The zero-order valence-electron chi connectivity index (χ0n) is 6.12. The van der Waals surface area contributed by atoms with Crippen LogP contribution in [-0.2, 0) is 0 Å². The molecule has 64 valence electrons. The lowest BCUT2D eigenvalue weighted by Crippen LogP contribution is -2.06. The van der Waals surface area contributed by atoms with Gasteiger partial charge < -0.3 is 15.2 Å². The summed E-state index contributed by atoms with van der Waals surface area (Å²) < 4.78 is 1.01. The second-order valence-corrected chi connectivity index (χ2v) is 2.07. The minimum Gasteiger partial charge on any atom is -0.358 e. The summed E-state index contributed by atoms with van der Waals surface area (Å²) in [5, 5.41) is 19.5. The number of aliphatic hydroxyl groups excluding tert-OH is 1. The molecule has 1 aromatic heterocycles. The molecule has 0 aromatic carbocycles. The molecule has 0 saturated carbocycles. The number of aromatic nitrogens is 2. The second-order valence-electron chi connectivity index (χ2n) is 2.07. The first-order chi connectivity index (χ1) is 5.66. The Labute approximate surface area is 67.9 Å². The van der Waals surface area contributed by atoms with E-state index in [4.69, 9.17) is 5.11 Å². The minimum atomic E-state index is -1.10. The molecule has 1 N–H and O–H groups in total. The van der Waals surface area contributed by atoms with Crippen LogP contribution in [0.2, 0.25) is 0 Å². The quantitative estimate of drug-likeness (QED) is 0.405. The molecule has 0 aliphatic carbocycles. The molecule has 0 spiro atoms. The Morgan fingerprint density at radius 2 is 2.58 bits per heavy atom. The van der Waals surface area contributed by atoms with Gasteiger partial charge in [-0.15, -0.1) is 0 Å². The van der Waals surface area contributed by atoms with Crippen LogP contribution in [0.15, 0.2) is 25.2 Å². The fraction of sp³-hybridized carbons (Fsp3) is 0.167. The number of nitro groups is 1. The monoisotopic (exact) mass is 169 g/mol. The Hall–Kier alpha value is -1.69. The van der Waals surface area contributed by atoms with Crippen LogP contribution in [0.25, 0.3) is 0 Å². The molecule has 1 unspecified atom stereocenters. The Morgan fingerprint density at radius 3 is 3.08 bits per heavy atom. The molecule has 0 aliphatic heterocycles. The van der Waals surface area contributed by atoms with Crippen molar-refractivity contribution in [2.75, 3.05) is 0 Å². The summed E-state index contributed by atoms with van der Waals surface area (Å²) in [4.78, 5) is 13.2. The van der Waals surface area contributed by atoms with E-state index in [2.05, 4.69) is 11.6 Å². The maximum atomic E-state index is 10.3. The highest BCUT2D eigenvalue weighted by Gasteiger charge is 2.17. The van der Waals surface area contributed by atoms with Gasteiger partial charge in [0.15, 0.2) is 6.33 Å². The van der Waals surface area contributed by atoms with Crippen molar-refractivity contribution in [3.05, 3.63) is 35.3 Å². The van der Waals surface area contributed by atoms with Crippen LogP contribution >= 0.6 is 0 Å². The van der Waals surface area contributed by atoms with Gasteiger partial charge in [0.25, 0.3) is 0 Å². The largest absolute Gasteiger partial charge is 0.358 e. The normalized spacial score (nSPS) is 12.4. The van der Waals surface area contributed by atoms with Crippen molar-refractivity contribution in [3.63, 3.8) is 0 Å².